The molecule has 0 amide bonds. The second kappa shape index (κ2) is 3.27. The molecular formula is C12H14F2O. The Balaban J connectivity index is 2.48. The van der Waals surface area contributed by atoms with Crippen molar-refractivity contribution in [2.75, 3.05) is 0 Å². The van der Waals surface area contributed by atoms with Crippen molar-refractivity contribution in [2.24, 2.45) is 5.92 Å². The largest absolute Gasteiger partial charge is 0.385 e. The molecule has 0 radical (unpaired) electrons. The number of hydrogen-bond donors (Lipinski definition) is 1. The zero-order valence-corrected chi connectivity index (χ0v) is 8.85. The van der Waals surface area contributed by atoms with Crippen LogP contribution in [-0.2, 0) is 5.60 Å². The lowest BCUT2D eigenvalue weighted by atomic mass is 9.89. The van der Waals surface area contributed by atoms with E-state index < -0.39 is 17.2 Å². The third-order valence-corrected chi connectivity index (χ3v) is 3.19. The molecular weight excluding hydrogens is 198 g/mol. The highest BCUT2D eigenvalue weighted by Gasteiger charge is 2.43. The molecule has 1 aliphatic carbocycles. The Morgan fingerprint density at radius 1 is 1.27 bits per heavy atom. The molecule has 0 spiro atoms. The first kappa shape index (κ1) is 10.6. The molecule has 1 aromatic rings. The van der Waals surface area contributed by atoms with Gasteiger partial charge >= 0.3 is 0 Å². The average Bonchev–Trinajstić information content (AvgIpc) is 2.97. The van der Waals surface area contributed by atoms with Crippen molar-refractivity contribution >= 4 is 0 Å². The predicted molar refractivity (Wildman–Crippen MR) is 53.4 cm³/mol. The SMILES string of the molecule is Cc1ccc(C(C)(O)C2CC2)c(F)c1F. The van der Waals surface area contributed by atoms with E-state index in [1.807, 2.05) is 0 Å². The molecule has 1 saturated carbocycles. The van der Waals surface area contributed by atoms with Crippen LogP contribution in [0.15, 0.2) is 12.1 Å². The van der Waals surface area contributed by atoms with Gasteiger partial charge in [0, 0.05) is 5.56 Å². The summed E-state index contributed by atoms with van der Waals surface area (Å²) in [6, 6.07) is 2.98. The quantitative estimate of drug-likeness (QED) is 0.799. The lowest BCUT2D eigenvalue weighted by Crippen LogP contribution is -2.26. The summed E-state index contributed by atoms with van der Waals surface area (Å²) in [4.78, 5) is 0. The van der Waals surface area contributed by atoms with Crippen LogP contribution in [-0.4, -0.2) is 5.11 Å². The van der Waals surface area contributed by atoms with Gasteiger partial charge < -0.3 is 5.11 Å². The highest BCUT2D eigenvalue weighted by molar-refractivity contribution is 5.30. The Bertz CT molecular complexity index is 395. The normalized spacial score (nSPS) is 20.1. The monoisotopic (exact) mass is 212 g/mol. The highest BCUT2D eigenvalue weighted by atomic mass is 19.2. The lowest BCUT2D eigenvalue weighted by Gasteiger charge is -2.24. The van der Waals surface area contributed by atoms with E-state index in [9.17, 15) is 13.9 Å². The summed E-state index contributed by atoms with van der Waals surface area (Å²) in [5.41, 5.74) is -0.894. The summed E-state index contributed by atoms with van der Waals surface area (Å²) in [7, 11) is 0. The minimum absolute atomic E-state index is 0.0640. The Kier molecular flexibility index (Phi) is 2.30. The third kappa shape index (κ3) is 1.65. The van der Waals surface area contributed by atoms with Crippen molar-refractivity contribution in [3.8, 4) is 0 Å². The summed E-state index contributed by atoms with van der Waals surface area (Å²) >= 11 is 0. The van der Waals surface area contributed by atoms with Crippen molar-refractivity contribution in [3.05, 3.63) is 34.9 Å². The van der Waals surface area contributed by atoms with Gasteiger partial charge in [-0.05, 0) is 38.2 Å². The molecule has 15 heavy (non-hydrogen) atoms. The Morgan fingerprint density at radius 2 is 1.87 bits per heavy atom. The number of aryl methyl sites for hydroxylation is 1. The minimum atomic E-state index is -1.24. The summed E-state index contributed by atoms with van der Waals surface area (Å²) in [5.74, 6) is -1.70. The maximum atomic E-state index is 13.6. The van der Waals surface area contributed by atoms with Crippen molar-refractivity contribution in [1.82, 2.24) is 0 Å². The van der Waals surface area contributed by atoms with Gasteiger partial charge in [0.25, 0.3) is 0 Å². The van der Waals surface area contributed by atoms with Crippen LogP contribution in [0.1, 0.15) is 30.9 Å². The fraction of sp³-hybridized carbons (Fsp3) is 0.500. The van der Waals surface area contributed by atoms with E-state index in [2.05, 4.69) is 0 Å². The highest BCUT2D eigenvalue weighted by Crippen LogP contribution is 2.46. The van der Waals surface area contributed by atoms with Gasteiger partial charge in [0.15, 0.2) is 11.6 Å². The van der Waals surface area contributed by atoms with Crippen LogP contribution in [0.5, 0.6) is 0 Å². The summed E-state index contributed by atoms with van der Waals surface area (Å²) in [6.45, 7) is 3.06. The smallest absolute Gasteiger partial charge is 0.165 e. The van der Waals surface area contributed by atoms with E-state index in [0.29, 0.717) is 0 Å². The van der Waals surface area contributed by atoms with Crippen LogP contribution in [0.2, 0.25) is 0 Å². The van der Waals surface area contributed by atoms with E-state index in [-0.39, 0.29) is 17.0 Å². The van der Waals surface area contributed by atoms with Crippen LogP contribution >= 0.6 is 0 Å². The van der Waals surface area contributed by atoms with Crippen LogP contribution < -0.4 is 0 Å². The fourth-order valence-corrected chi connectivity index (χ4v) is 1.90. The number of hydrogen-bond acceptors (Lipinski definition) is 1. The van der Waals surface area contributed by atoms with E-state index in [1.165, 1.54) is 19.1 Å². The van der Waals surface area contributed by atoms with Gasteiger partial charge in [-0.1, -0.05) is 12.1 Å². The molecule has 0 aromatic heterocycles. The zero-order valence-electron chi connectivity index (χ0n) is 8.85. The third-order valence-electron chi connectivity index (χ3n) is 3.19. The van der Waals surface area contributed by atoms with E-state index in [1.54, 1.807) is 6.92 Å². The van der Waals surface area contributed by atoms with Crippen LogP contribution in [0.4, 0.5) is 8.78 Å². The van der Waals surface area contributed by atoms with Gasteiger partial charge in [-0.25, -0.2) is 8.78 Å². The zero-order chi connectivity index (χ0) is 11.2. The first-order chi connectivity index (χ1) is 6.94. The van der Waals surface area contributed by atoms with Gasteiger partial charge in [0.2, 0.25) is 0 Å². The summed E-state index contributed by atoms with van der Waals surface area (Å²) in [6.07, 6.45) is 1.75. The van der Waals surface area contributed by atoms with E-state index in [4.69, 9.17) is 0 Å². The lowest BCUT2D eigenvalue weighted by molar-refractivity contribution is 0.0288. The Labute approximate surface area is 87.7 Å². The topological polar surface area (TPSA) is 20.2 Å². The van der Waals surface area contributed by atoms with Gasteiger partial charge in [0.05, 0.1) is 5.60 Å². The molecule has 1 nitrogen and oxygen atoms in total. The van der Waals surface area contributed by atoms with Crippen molar-refractivity contribution < 1.29 is 13.9 Å². The maximum absolute atomic E-state index is 13.6. The number of halogens is 2. The van der Waals surface area contributed by atoms with Gasteiger partial charge in [0.1, 0.15) is 0 Å². The minimum Gasteiger partial charge on any atom is -0.385 e. The molecule has 0 bridgehead atoms. The molecule has 1 N–H and O–H groups in total. The molecule has 2 rings (SSSR count). The van der Waals surface area contributed by atoms with Gasteiger partial charge in [-0.15, -0.1) is 0 Å². The molecule has 0 heterocycles. The molecule has 1 aromatic carbocycles. The van der Waals surface area contributed by atoms with Crippen LogP contribution in [0, 0.1) is 24.5 Å². The fourth-order valence-electron chi connectivity index (χ4n) is 1.90. The van der Waals surface area contributed by atoms with E-state index in [0.717, 1.165) is 12.8 Å². The van der Waals surface area contributed by atoms with Gasteiger partial charge in [-0.2, -0.15) is 0 Å². The number of benzene rings is 1. The number of aliphatic hydroxyl groups is 1. The van der Waals surface area contributed by atoms with Crippen molar-refractivity contribution in [3.63, 3.8) is 0 Å². The van der Waals surface area contributed by atoms with Crippen LogP contribution in [0.3, 0.4) is 0 Å². The molecule has 1 atom stereocenters. The molecule has 82 valence electrons. The number of rotatable bonds is 2. The standard InChI is InChI=1S/C12H14F2O/c1-7-3-6-9(11(14)10(7)13)12(2,15)8-4-5-8/h3,6,8,15H,4-5H2,1-2H3. The Hall–Kier alpha value is -0.960. The summed E-state index contributed by atoms with van der Waals surface area (Å²) < 4.78 is 26.9. The predicted octanol–water partition coefficient (Wildman–Crippen LogP) is 2.89. The Morgan fingerprint density at radius 3 is 2.40 bits per heavy atom. The summed E-state index contributed by atoms with van der Waals surface area (Å²) in [5, 5.41) is 10.1. The van der Waals surface area contributed by atoms with E-state index >= 15 is 0 Å². The molecule has 1 aliphatic rings. The van der Waals surface area contributed by atoms with Crippen molar-refractivity contribution in [1.29, 1.82) is 0 Å². The molecule has 1 unspecified atom stereocenters. The first-order valence-electron chi connectivity index (χ1n) is 5.12. The second-order valence-electron chi connectivity index (χ2n) is 4.48. The van der Waals surface area contributed by atoms with Crippen molar-refractivity contribution in [2.45, 2.75) is 32.3 Å². The van der Waals surface area contributed by atoms with Gasteiger partial charge in [-0.3, -0.25) is 0 Å². The second-order valence-corrected chi connectivity index (χ2v) is 4.48. The average molecular weight is 212 g/mol. The maximum Gasteiger partial charge on any atom is 0.165 e. The molecule has 0 aliphatic heterocycles. The van der Waals surface area contributed by atoms with Crippen LogP contribution in [0.25, 0.3) is 0 Å². The molecule has 3 heteroatoms. The molecule has 1 fully saturated rings. The molecule has 0 saturated heterocycles. The first-order valence-corrected chi connectivity index (χ1v) is 5.12.